The van der Waals surface area contributed by atoms with Crippen LogP contribution in [0.4, 0.5) is 4.79 Å². The normalized spacial score (nSPS) is 16.8. The molecule has 20 heavy (non-hydrogen) atoms. The maximum Gasteiger partial charge on any atom is 0.315 e. The number of carbonyl (C=O) groups is 2. The number of thiophene rings is 1. The summed E-state index contributed by atoms with van der Waals surface area (Å²) < 4.78 is 0. The summed E-state index contributed by atoms with van der Waals surface area (Å²) in [4.78, 5) is 22.8. The Balaban J connectivity index is 1.78. The summed E-state index contributed by atoms with van der Waals surface area (Å²) in [5.74, 6) is -0.856. The second-order valence-electron chi connectivity index (χ2n) is 5.32. The Hall–Kier alpha value is -1.56. The van der Waals surface area contributed by atoms with E-state index in [0.29, 0.717) is 6.54 Å². The van der Waals surface area contributed by atoms with Gasteiger partial charge in [0.05, 0.1) is 12.0 Å². The third kappa shape index (κ3) is 4.23. The summed E-state index contributed by atoms with van der Waals surface area (Å²) in [7, 11) is 0. The fourth-order valence-electron chi connectivity index (χ4n) is 2.73. The zero-order chi connectivity index (χ0) is 14.4. The highest BCUT2D eigenvalue weighted by atomic mass is 32.1. The topological polar surface area (TPSA) is 78.4 Å². The standard InChI is InChI=1S/C14H20N2O3S/c17-12(18)9-14(5-1-2-6-14)16-13(19)15-7-3-11-4-8-20-10-11/h4,8,10H,1-3,5-7,9H2,(H,17,18)(H2,15,16,19). The Morgan fingerprint density at radius 1 is 1.35 bits per heavy atom. The molecule has 0 aliphatic heterocycles. The monoisotopic (exact) mass is 296 g/mol. The van der Waals surface area contributed by atoms with E-state index in [2.05, 4.69) is 16.0 Å². The fourth-order valence-corrected chi connectivity index (χ4v) is 3.43. The Labute approximate surface area is 122 Å². The Bertz CT molecular complexity index is 453. The summed E-state index contributed by atoms with van der Waals surface area (Å²) >= 11 is 1.64. The van der Waals surface area contributed by atoms with Gasteiger partial charge in [-0.05, 0) is 41.7 Å². The number of carboxylic acid groups (broad SMARTS) is 1. The van der Waals surface area contributed by atoms with Gasteiger partial charge >= 0.3 is 12.0 Å². The van der Waals surface area contributed by atoms with Crippen LogP contribution in [0.15, 0.2) is 16.8 Å². The van der Waals surface area contributed by atoms with Crippen LogP contribution in [0.3, 0.4) is 0 Å². The van der Waals surface area contributed by atoms with Gasteiger partial charge in [0.25, 0.3) is 0 Å². The first-order valence-corrected chi connectivity index (χ1v) is 7.83. The minimum absolute atomic E-state index is 0.00491. The van der Waals surface area contributed by atoms with Crippen molar-refractivity contribution in [2.45, 2.75) is 44.1 Å². The molecule has 0 bridgehead atoms. The number of aliphatic carboxylic acids is 1. The predicted molar refractivity (Wildman–Crippen MR) is 78.0 cm³/mol. The largest absolute Gasteiger partial charge is 0.481 e. The molecule has 0 radical (unpaired) electrons. The van der Waals surface area contributed by atoms with Crippen molar-refractivity contribution >= 4 is 23.3 Å². The molecule has 3 N–H and O–H groups in total. The first kappa shape index (κ1) is 14.8. The minimum atomic E-state index is -0.856. The van der Waals surface area contributed by atoms with Gasteiger partial charge in [0.1, 0.15) is 0 Å². The second-order valence-corrected chi connectivity index (χ2v) is 6.10. The number of carboxylic acids is 1. The van der Waals surface area contributed by atoms with Crippen molar-refractivity contribution in [3.8, 4) is 0 Å². The Kier molecular flexibility index (Phi) is 5.00. The number of urea groups is 1. The van der Waals surface area contributed by atoms with Crippen molar-refractivity contribution in [3.63, 3.8) is 0 Å². The van der Waals surface area contributed by atoms with Crippen molar-refractivity contribution in [3.05, 3.63) is 22.4 Å². The molecule has 0 spiro atoms. The fraction of sp³-hybridized carbons (Fsp3) is 0.571. The molecule has 2 rings (SSSR count). The average molecular weight is 296 g/mol. The third-order valence-electron chi connectivity index (χ3n) is 3.71. The minimum Gasteiger partial charge on any atom is -0.481 e. The first-order chi connectivity index (χ1) is 9.60. The summed E-state index contributed by atoms with van der Waals surface area (Å²) in [6, 6.07) is 1.77. The summed E-state index contributed by atoms with van der Waals surface area (Å²) in [6.45, 7) is 0.561. The van der Waals surface area contributed by atoms with E-state index in [0.717, 1.165) is 32.1 Å². The number of carbonyl (C=O) groups excluding carboxylic acids is 1. The molecule has 0 unspecified atom stereocenters. The molecular formula is C14H20N2O3S. The van der Waals surface area contributed by atoms with E-state index < -0.39 is 11.5 Å². The number of hydrogen-bond acceptors (Lipinski definition) is 3. The highest BCUT2D eigenvalue weighted by Gasteiger charge is 2.37. The van der Waals surface area contributed by atoms with Crippen LogP contribution in [0.2, 0.25) is 0 Å². The van der Waals surface area contributed by atoms with Crippen LogP contribution in [-0.4, -0.2) is 29.2 Å². The molecule has 1 saturated carbocycles. The number of rotatable bonds is 6. The lowest BCUT2D eigenvalue weighted by atomic mass is 9.93. The van der Waals surface area contributed by atoms with Gasteiger partial charge in [-0.3, -0.25) is 4.79 Å². The number of nitrogens with one attached hydrogen (secondary N) is 2. The van der Waals surface area contributed by atoms with E-state index in [1.54, 1.807) is 11.3 Å². The van der Waals surface area contributed by atoms with Crippen LogP contribution in [0.1, 0.15) is 37.7 Å². The van der Waals surface area contributed by atoms with Gasteiger partial charge in [-0.2, -0.15) is 11.3 Å². The van der Waals surface area contributed by atoms with E-state index in [9.17, 15) is 9.59 Å². The van der Waals surface area contributed by atoms with Crippen molar-refractivity contribution < 1.29 is 14.7 Å². The molecule has 0 atom stereocenters. The molecule has 1 heterocycles. The van der Waals surface area contributed by atoms with Gasteiger partial charge in [-0.15, -0.1) is 0 Å². The number of hydrogen-bond donors (Lipinski definition) is 3. The molecule has 1 aliphatic carbocycles. The maximum atomic E-state index is 11.9. The van der Waals surface area contributed by atoms with Crippen LogP contribution in [-0.2, 0) is 11.2 Å². The third-order valence-corrected chi connectivity index (χ3v) is 4.44. The zero-order valence-corrected chi connectivity index (χ0v) is 12.2. The Morgan fingerprint density at radius 2 is 2.10 bits per heavy atom. The molecule has 1 aromatic heterocycles. The van der Waals surface area contributed by atoms with E-state index >= 15 is 0 Å². The molecule has 2 amide bonds. The number of amides is 2. The molecule has 0 aromatic carbocycles. The van der Waals surface area contributed by atoms with E-state index in [4.69, 9.17) is 5.11 Å². The lowest BCUT2D eigenvalue weighted by molar-refractivity contribution is -0.138. The van der Waals surface area contributed by atoms with Crippen LogP contribution in [0, 0.1) is 0 Å². The summed E-state index contributed by atoms with van der Waals surface area (Å²) in [6.07, 6.45) is 4.24. The van der Waals surface area contributed by atoms with Crippen LogP contribution < -0.4 is 10.6 Å². The molecular weight excluding hydrogens is 276 g/mol. The highest BCUT2D eigenvalue weighted by molar-refractivity contribution is 7.07. The Morgan fingerprint density at radius 3 is 2.70 bits per heavy atom. The van der Waals surface area contributed by atoms with E-state index in [-0.39, 0.29) is 12.5 Å². The van der Waals surface area contributed by atoms with Crippen molar-refractivity contribution in [2.24, 2.45) is 0 Å². The molecule has 0 saturated heterocycles. The molecule has 110 valence electrons. The highest BCUT2D eigenvalue weighted by Crippen LogP contribution is 2.32. The van der Waals surface area contributed by atoms with Gasteiger partial charge in [0.15, 0.2) is 0 Å². The van der Waals surface area contributed by atoms with Crippen molar-refractivity contribution in [2.75, 3.05) is 6.54 Å². The maximum absolute atomic E-state index is 11.9. The van der Waals surface area contributed by atoms with Gasteiger partial charge in [-0.1, -0.05) is 12.8 Å². The lowest BCUT2D eigenvalue weighted by Gasteiger charge is -2.28. The van der Waals surface area contributed by atoms with Crippen LogP contribution in [0.25, 0.3) is 0 Å². The molecule has 1 fully saturated rings. The van der Waals surface area contributed by atoms with Crippen molar-refractivity contribution in [1.82, 2.24) is 10.6 Å². The first-order valence-electron chi connectivity index (χ1n) is 6.89. The molecule has 1 aromatic rings. The summed E-state index contributed by atoms with van der Waals surface area (Å²) in [5, 5.41) is 18.7. The molecule has 6 heteroatoms. The predicted octanol–water partition coefficient (Wildman–Crippen LogP) is 2.38. The van der Waals surface area contributed by atoms with Gasteiger partial charge in [0, 0.05) is 6.54 Å². The summed E-state index contributed by atoms with van der Waals surface area (Å²) in [5.41, 5.74) is 0.648. The quantitative estimate of drug-likeness (QED) is 0.754. The smallest absolute Gasteiger partial charge is 0.315 e. The zero-order valence-electron chi connectivity index (χ0n) is 11.4. The van der Waals surface area contributed by atoms with Crippen molar-refractivity contribution in [1.29, 1.82) is 0 Å². The average Bonchev–Trinajstić information content (AvgIpc) is 3.00. The molecule has 1 aliphatic rings. The molecule has 5 nitrogen and oxygen atoms in total. The van der Waals surface area contributed by atoms with E-state index in [1.165, 1.54) is 5.56 Å². The lowest BCUT2D eigenvalue weighted by Crippen LogP contribution is -2.51. The van der Waals surface area contributed by atoms with Gasteiger partial charge in [0.2, 0.25) is 0 Å². The SMILES string of the molecule is O=C(O)CC1(NC(=O)NCCc2ccsc2)CCCC1. The van der Waals surface area contributed by atoms with Crippen LogP contribution in [0.5, 0.6) is 0 Å². The second kappa shape index (κ2) is 6.74. The van der Waals surface area contributed by atoms with Gasteiger partial charge in [-0.25, -0.2) is 4.79 Å². The van der Waals surface area contributed by atoms with Crippen LogP contribution >= 0.6 is 11.3 Å². The van der Waals surface area contributed by atoms with E-state index in [1.807, 2.05) is 11.4 Å². The van der Waals surface area contributed by atoms with Gasteiger partial charge < -0.3 is 15.7 Å².